The van der Waals surface area contributed by atoms with Gasteiger partial charge in [0.2, 0.25) is 5.91 Å². The van der Waals surface area contributed by atoms with Crippen LogP contribution in [0.3, 0.4) is 0 Å². The first-order chi connectivity index (χ1) is 11.5. The monoisotopic (exact) mass is 345 g/mol. The zero-order valence-corrected chi connectivity index (χ0v) is 13.7. The van der Waals surface area contributed by atoms with Gasteiger partial charge in [0, 0.05) is 10.9 Å². The van der Waals surface area contributed by atoms with E-state index in [1.54, 1.807) is 12.1 Å². The van der Waals surface area contributed by atoms with Gasteiger partial charge in [-0.1, -0.05) is 29.8 Å². The minimum Gasteiger partial charge on any atom is -0.505 e. The van der Waals surface area contributed by atoms with E-state index in [-0.39, 0.29) is 34.7 Å². The summed E-state index contributed by atoms with van der Waals surface area (Å²) < 4.78 is 4.60. The highest BCUT2D eigenvalue weighted by Gasteiger charge is 2.44. The van der Waals surface area contributed by atoms with Gasteiger partial charge in [0.05, 0.1) is 12.8 Å². The molecule has 3 rings (SSSR count). The molecule has 2 aromatic carbocycles. The van der Waals surface area contributed by atoms with Crippen molar-refractivity contribution in [2.45, 2.75) is 12.3 Å². The Kier molecular flexibility index (Phi) is 4.44. The standard InChI is InChI=1S/C18H16ClNO4/c1-24-18(23)12-6-3-7-15(16(12)21)20-17(22)14-9-13(14)10-4-2-5-11(19)8-10/h2-8,13-14,21H,9H2,1H3,(H,20,22). The Balaban J connectivity index is 1.72. The van der Waals surface area contributed by atoms with E-state index in [0.717, 1.165) is 12.0 Å². The Morgan fingerprint density at radius 1 is 1.25 bits per heavy atom. The smallest absolute Gasteiger partial charge is 0.341 e. The van der Waals surface area contributed by atoms with Crippen molar-refractivity contribution in [3.05, 3.63) is 58.6 Å². The van der Waals surface area contributed by atoms with Gasteiger partial charge in [-0.25, -0.2) is 4.79 Å². The summed E-state index contributed by atoms with van der Waals surface area (Å²) in [6.45, 7) is 0. The number of hydrogen-bond acceptors (Lipinski definition) is 4. The van der Waals surface area contributed by atoms with Crippen LogP contribution in [-0.2, 0) is 9.53 Å². The third-order valence-electron chi connectivity index (χ3n) is 4.10. The number of nitrogens with one attached hydrogen (secondary N) is 1. The third-order valence-corrected chi connectivity index (χ3v) is 4.34. The third kappa shape index (κ3) is 3.21. The van der Waals surface area contributed by atoms with Crippen molar-refractivity contribution in [1.82, 2.24) is 0 Å². The number of rotatable bonds is 4. The van der Waals surface area contributed by atoms with Crippen molar-refractivity contribution in [2.24, 2.45) is 5.92 Å². The van der Waals surface area contributed by atoms with Crippen LogP contribution in [0.2, 0.25) is 5.02 Å². The molecule has 0 bridgehead atoms. The fraction of sp³-hybridized carbons (Fsp3) is 0.222. The van der Waals surface area contributed by atoms with Gasteiger partial charge in [0.25, 0.3) is 0 Å². The summed E-state index contributed by atoms with van der Waals surface area (Å²) in [5, 5.41) is 13.4. The van der Waals surface area contributed by atoms with E-state index in [9.17, 15) is 14.7 Å². The first-order valence-corrected chi connectivity index (χ1v) is 7.85. The first kappa shape index (κ1) is 16.3. The molecule has 1 amide bonds. The summed E-state index contributed by atoms with van der Waals surface area (Å²) in [6.07, 6.45) is 0.726. The van der Waals surface area contributed by atoms with Crippen LogP contribution in [0.25, 0.3) is 0 Å². The number of para-hydroxylation sites is 1. The fourth-order valence-electron chi connectivity index (χ4n) is 2.73. The molecule has 0 heterocycles. The van der Waals surface area contributed by atoms with E-state index >= 15 is 0 Å². The second-order valence-electron chi connectivity index (χ2n) is 5.69. The molecule has 2 N–H and O–H groups in total. The normalized spacial score (nSPS) is 18.8. The Bertz CT molecular complexity index is 805. The van der Waals surface area contributed by atoms with Crippen LogP contribution in [0, 0.1) is 5.92 Å². The number of halogens is 1. The van der Waals surface area contributed by atoms with Crippen LogP contribution in [0.5, 0.6) is 5.75 Å². The number of anilines is 1. The lowest BCUT2D eigenvalue weighted by Crippen LogP contribution is -2.15. The van der Waals surface area contributed by atoms with Crippen molar-refractivity contribution < 1.29 is 19.4 Å². The minimum absolute atomic E-state index is 0.0116. The molecule has 0 saturated heterocycles. The maximum atomic E-state index is 12.4. The predicted octanol–water partition coefficient (Wildman–Crippen LogP) is 3.57. The zero-order valence-electron chi connectivity index (χ0n) is 13.0. The van der Waals surface area contributed by atoms with Crippen molar-refractivity contribution in [3.63, 3.8) is 0 Å². The molecule has 2 atom stereocenters. The lowest BCUT2D eigenvalue weighted by molar-refractivity contribution is -0.117. The number of amides is 1. The molecule has 0 radical (unpaired) electrons. The molecule has 6 heteroatoms. The molecule has 1 fully saturated rings. The van der Waals surface area contributed by atoms with E-state index < -0.39 is 5.97 Å². The molecule has 2 aromatic rings. The van der Waals surface area contributed by atoms with Gasteiger partial charge in [-0.05, 0) is 42.2 Å². The van der Waals surface area contributed by atoms with E-state index in [2.05, 4.69) is 10.1 Å². The Morgan fingerprint density at radius 2 is 2.00 bits per heavy atom. The lowest BCUT2D eigenvalue weighted by atomic mass is 10.1. The van der Waals surface area contributed by atoms with Gasteiger partial charge >= 0.3 is 5.97 Å². The molecule has 0 spiro atoms. The fourth-order valence-corrected chi connectivity index (χ4v) is 2.93. The van der Waals surface area contributed by atoms with Crippen molar-refractivity contribution in [3.8, 4) is 5.75 Å². The predicted molar refractivity (Wildman–Crippen MR) is 90.4 cm³/mol. The number of esters is 1. The highest BCUT2D eigenvalue weighted by molar-refractivity contribution is 6.30. The second-order valence-corrected chi connectivity index (χ2v) is 6.12. The first-order valence-electron chi connectivity index (χ1n) is 7.48. The largest absolute Gasteiger partial charge is 0.505 e. The number of carbonyl (C=O) groups excluding carboxylic acids is 2. The summed E-state index contributed by atoms with van der Waals surface area (Å²) in [5.74, 6) is -1.21. The molecule has 124 valence electrons. The summed E-state index contributed by atoms with van der Waals surface area (Å²) in [4.78, 5) is 24.0. The van der Waals surface area contributed by atoms with Gasteiger partial charge in [0.15, 0.2) is 5.75 Å². The highest BCUT2D eigenvalue weighted by Crippen LogP contribution is 2.48. The van der Waals surface area contributed by atoms with Crippen LogP contribution in [0.15, 0.2) is 42.5 Å². The highest BCUT2D eigenvalue weighted by atomic mass is 35.5. The minimum atomic E-state index is -0.660. The van der Waals surface area contributed by atoms with E-state index in [1.807, 2.05) is 18.2 Å². The van der Waals surface area contributed by atoms with Crippen molar-refractivity contribution in [2.75, 3.05) is 12.4 Å². The molecule has 24 heavy (non-hydrogen) atoms. The number of carbonyl (C=O) groups is 2. The average molecular weight is 346 g/mol. The van der Waals surface area contributed by atoms with Crippen LogP contribution in [-0.4, -0.2) is 24.1 Å². The quantitative estimate of drug-likeness (QED) is 0.656. The SMILES string of the molecule is COC(=O)c1cccc(NC(=O)C2CC2c2cccc(Cl)c2)c1O. The zero-order chi connectivity index (χ0) is 17.3. The summed E-state index contributed by atoms with van der Waals surface area (Å²) >= 11 is 5.98. The van der Waals surface area contributed by atoms with Gasteiger partial charge in [-0.15, -0.1) is 0 Å². The molecule has 1 saturated carbocycles. The van der Waals surface area contributed by atoms with E-state index in [0.29, 0.717) is 5.02 Å². The maximum Gasteiger partial charge on any atom is 0.341 e. The second kappa shape index (κ2) is 6.53. The number of methoxy groups -OCH3 is 1. The van der Waals surface area contributed by atoms with E-state index in [4.69, 9.17) is 11.6 Å². The Morgan fingerprint density at radius 3 is 2.71 bits per heavy atom. The molecule has 1 aliphatic rings. The average Bonchev–Trinajstić information content (AvgIpc) is 3.37. The number of benzene rings is 2. The van der Waals surface area contributed by atoms with Crippen LogP contribution in [0.1, 0.15) is 28.3 Å². The topological polar surface area (TPSA) is 75.6 Å². The summed E-state index contributed by atoms with van der Waals surface area (Å²) in [6, 6.07) is 12.0. The van der Waals surface area contributed by atoms with Gasteiger partial charge in [-0.3, -0.25) is 4.79 Å². The number of ether oxygens (including phenoxy) is 1. The molecule has 1 aliphatic carbocycles. The summed E-state index contributed by atoms with van der Waals surface area (Å²) in [7, 11) is 1.23. The molecule has 0 aliphatic heterocycles. The van der Waals surface area contributed by atoms with Gasteiger partial charge in [-0.2, -0.15) is 0 Å². The van der Waals surface area contributed by atoms with Gasteiger partial charge < -0.3 is 15.2 Å². The van der Waals surface area contributed by atoms with Crippen LogP contribution < -0.4 is 5.32 Å². The number of aromatic hydroxyl groups is 1. The molecule has 5 nitrogen and oxygen atoms in total. The molecular formula is C18H16ClNO4. The summed E-state index contributed by atoms with van der Waals surface area (Å²) in [5.41, 5.74) is 1.23. The van der Waals surface area contributed by atoms with Crippen LogP contribution in [0.4, 0.5) is 5.69 Å². The molecular weight excluding hydrogens is 330 g/mol. The van der Waals surface area contributed by atoms with Crippen molar-refractivity contribution >= 4 is 29.2 Å². The number of phenols is 1. The van der Waals surface area contributed by atoms with E-state index in [1.165, 1.54) is 19.2 Å². The maximum absolute atomic E-state index is 12.4. The van der Waals surface area contributed by atoms with Crippen LogP contribution >= 0.6 is 11.6 Å². The lowest BCUT2D eigenvalue weighted by Gasteiger charge is -2.10. The van der Waals surface area contributed by atoms with Gasteiger partial charge in [0.1, 0.15) is 5.56 Å². The Labute approximate surface area is 144 Å². The molecule has 2 unspecified atom stereocenters. The number of phenolic OH excluding ortho intramolecular Hbond substituents is 1. The Hall–Kier alpha value is -2.53. The number of hydrogen-bond donors (Lipinski definition) is 2. The molecule has 0 aromatic heterocycles. The van der Waals surface area contributed by atoms with Crippen molar-refractivity contribution in [1.29, 1.82) is 0 Å².